The Bertz CT molecular complexity index is 439. The highest BCUT2D eigenvalue weighted by Gasteiger charge is 2.38. The zero-order valence-corrected chi connectivity index (χ0v) is 13.1. The van der Waals surface area contributed by atoms with E-state index in [-0.39, 0.29) is 18.1 Å². The summed E-state index contributed by atoms with van der Waals surface area (Å²) in [6.07, 6.45) is 2.33. The first-order chi connectivity index (χ1) is 9.06. The van der Waals surface area contributed by atoms with Crippen LogP contribution < -0.4 is 5.32 Å². The SMILES string of the molecule is CCC(CC)CN1C(=O)C(C)NC1c1ccc(C)s1. The molecule has 2 unspecified atom stereocenters. The summed E-state index contributed by atoms with van der Waals surface area (Å²) >= 11 is 1.78. The van der Waals surface area contributed by atoms with Crippen molar-refractivity contribution in [3.05, 3.63) is 21.9 Å². The van der Waals surface area contributed by atoms with Crippen LogP contribution in [-0.4, -0.2) is 23.4 Å². The van der Waals surface area contributed by atoms with Crippen molar-refractivity contribution < 1.29 is 4.79 Å². The minimum absolute atomic E-state index is 0.0678. The van der Waals surface area contributed by atoms with Gasteiger partial charge < -0.3 is 4.90 Å². The predicted molar refractivity (Wildman–Crippen MR) is 80.2 cm³/mol. The van der Waals surface area contributed by atoms with Crippen LogP contribution in [0.4, 0.5) is 0 Å². The molecule has 1 fully saturated rings. The van der Waals surface area contributed by atoms with Crippen LogP contribution in [0.3, 0.4) is 0 Å². The highest BCUT2D eigenvalue weighted by Crippen LogP contribution is 2.31. The van der Waals surface area contributed by atoms with Crippen molar-refractivity contribution in [3.8, 4) is 0 Å². The third kappa shape index (κ3) is 3.00. The summed E-state index contributed by atoms with van der Waals surface area (Å²) in [5.41, 5.74) is 0. The number of thiophene rings is 1. The normalized spacial score (nSPS) is 23.6. The first-order valence-corrected chi connectivity index (χ1v) is 8.01. The van der Waals surface area contributed by atoms with Crippen molar-refractivity contribution in [2.24, 2.45) is 5.92 Å². The minimum atomic E-state index is -0.0678. The summed E-state index contributed by atoms with van der Waals surface area (Å²) in [7, 11) is 0. The van der Waals surface area contributed by atoms with E-state index in [1.807, 2.05) is 11.8 Å². The highest BCUT2D eigenvalue weighted by atomic mass is 32.1. The van der Waals surface area contributed by atoms with Gasteiger partial charge in [-0.1, -0.05) is 26.7 Å². The lowest BCUT2D eigenvalue weighted by Gasteiger charge is -2.27. The van der Waals surface area contributed by atoms with E-state index in [4.69, 9.17) is 0 Å². The van der Waals surface area contributed by atoms with Crippen molar-refractivity contribution >= 4 is 17.2 Å². The van der Waals surface area contributed by atoms with Crippen LogP contribution in [0, 0.1) is 12.8 Å². The Morgan fingerprint density at radius 1 is 1.37 bits per heavy atom. The van der Waals surface area contributed by atoms with Gasteiger partial charge in [0.1, 0.15) is 6.17 Å². The summed E-state index contributed by atoms with van der Waals surface area (Å²) in [4.78, 5) is 16.9. The molecule has 0 bridgehead atoms. The van der Waals surface area contributed by atoms with Crippen molar-refractivity contribution in [1.29, 1.82) is 0 Å². The number of carbonyl (C=O) groups is 1. The summed E-state index contributed by atoms with van der Waals surface area (Å²) in [5, 5.41) is 3.42. The molecule has 2 heterocycles. The molecule has 1 aromatic heterocycles. The molecule has 19 heavy (non-hydrogen) atoms. The molecule has 0 saturated carbocycles. The summed E-state index contributed by atoms with van der Waals surface area (Å²) in [6, 6.07) is 4.20. The molecule has 4 heteroatoms. The lowest BCUT2D eigenvalue weighted by atomic mass is 10.0. The molecule has 1 aliphatic rings. The zero-order chi connectivity index (χ0) is 14.0. The molecular formula is C15H24N2OS. The van der Waals surface area contributed by atoms with Crippen LogP contribution >= 0.6 is 11.3 Å². The van der Waals surface area contributed by atoms with E-state index in [1.54, 1.807) is 11.3 Å². The van der Waals surface area contributed by atoms with Crippen molar-refractivity contribution in [3.63, 3.8) is 0 Å². The van der Waals surface area contributed by atoms with E-state index in [9.17, 15) is 4.79 Å². The van der Waals surface area contributed by atoms with Crippen LogP contribution in [0.15, 0.2) is 12.1 Å². The molecule has 0 spiro atoms. The molecule has 1 N–H and O–H groups in total. The monoisotopic (exact) mass is 280 g/mol. The predicted octanol–water partition coefficient (Wildman–Crippen LogP) is 3.31. The molecule has 1 amide bonds. The van der Waals surface area contributed by atoms with Gasteiger partial charge in [0, 0.05) is 16.3 Å². The van der Waals surface area contributed by atoms with Crippen molar-refractivity contribution in [1.82, 2.24) is 10.2 Å². The van der Waals surface area contributed by atoms with Gasteiger partial charge in [0.15, 0.2) is 0 Å². The fourth-order valence-corrected chi connectivity index (χ4v) is 3.58. The third-order valence-electron chi connectivity index (χ3n) is 4.01. The van der Waals surface area contributed by atoms with Crippen LogP contribution in [0.25, 0.3) is 0 Å². The van der Waals surface area contributed by atoms with Gasteiger partial charge in [-0.25, -0.2) is 0 Å². The zero-order valence-electron chi connectivity index (χ0n) is 12.3. The highest BCUT2D eigenvalue weighted by molar-refractivity contribution is 7.12. The fraction of sp³-hybridized carbons (Fsp3) is 0.667. The number of hydrogen-bond acceptors (Lipinski definition) is 3. The quantitative estimate of drug-likeness (QED) is 0.897. The number of aryl methyl sites for hydroxylation is 1. The third-order valence-corrected chi connectivity index (χ3v) is 5.07. The molecule has 0 aromatic carbocycles. The summed E-state index contributed by atoms with van der Waals surface area (Å²) < 4.78 is 0. The van der Waals surface area contributed by atoms with Gasteiger partial charge in [0.05, 0.1) is 6.04 Å². The maximum atomic E-state index is 12.3. The smallest absolute Gasteiger partial charge is 0.241 e. The minimum Gasteiger partial charge on any atom is -0.320 e. The molecule has 1 aromatic rings. The van der Waals surface area contributed by atoms with E-state index in [1.165, 1.54) is 9.75 Å². The Morgan fingerprint density at radius 3 is 2.58 bits per heavy atom. The summed E-state index contributed by atoms with van der Waals surface area (Å²) in [5.74, 6) is 0.836. The molecule has 2 rings (SSSR count). The topological polar surface area (TPSA) is 32.3 Å². The second-order valence-electron chi connectivity index (χ2n) is 5.41. The number of nitrogens with one attached hydrogen (secondary N) is 1. The average Bonchev–Trinajstić information content (AvgIpc) is 2.93. The first kappa shape index (κ1) is 14.5. The fourth-order valence-electron chi connectivity index (χ4n) is 2.63. The second-order valence-corrected chi connectivity index (χ2v) is 6.73. The van der Waals surface area contributed by atoms with Gasteiger partial charge in [-0.3, -0.25) is 10.1 Å². The molecule has 1 aliphatic heterocycles. The average molecular weight is 280 g/mol. The maximum Gasteiger partial charge on any atom is 0.241 e. The van der Waals surface area contributed by atoms with Gasteiger partial charge in [0.2, 0.25) is 5.91 Å². The van der Waals surface area contributed by atoms with E-state index in [0.717, 1.165) is 19.4 Å². The van der Waals surface area contributed by atoms with Gasteiger partial charge in [0.25, 0.3) is 0 Å². The van der Waals surface area contributed by atoms with E-state index < -0.39 is 0 Å². The Kier molecular flexibility index (Phi) is 4.63. The number of nitrogens with zero attached hydrogens (tertiary/aromatic N) is 1. The molecular weight excluding hydrogens is 256 g/mol. The number of rotatable bonds is 5. The van der Waals surface area contributed by atoms with Gasteiger partial charge in [-0.15, -0.1) is 11.3 Å². The van der Waals surface area contributed by atoms with Crippen LogP contribution in [0.5, 0.6) is 0 Å². The Hall–Kier alpha value is -0.870. The Balaban J connectivity index is 2.18. The molecule has 0 aliphatic carbocycles. The van der Waals surface area contributed by atoms with Crippen molar-refractivity contribution in [2.75, 3.05) is 6.54 Å². The van der Waals surface area contributed by atoms with Crippen LogP contribution in [0.1, 0.15) is 49.5 Å². The lowest BCUT2D eigenvalue weighted by molar-refractivity contribution is -0.130. The van der Waals surface area contributed by atoms with Crippen LogP contribution in [0.2, 0.25) is 0 Å². The van der Waals surface area contributed by atoms with E-state index >= 15 is 0 Å². The number of amides is 1. The first-order valence-electron chi connectivity index (χ1n) is 7.19. The molecule has 2 atom stereocenters. The number of carbonyl (C=O) groups excluding carboxylic acids is 1. The summed E-state index contributed by atoms with van der Waals surface area (Å²) in [6.45, 7) is 9.35. The Morgan fingerprint density at radius 2 is 2.05 bits per heavy atom. The maximum absolute atomic E-state index is 12.3. The van der Waals surface area contributed by atoms with Gasteiger partial charge in [-0.05, 0) is 31.9 Å². The lowest BCUT2D eigenvalue weighted by Crippen LogP contribution is -2.34. The molecule has 1 saturated heterocycles. The second kappa shape index (κ2) is 6.06. The van der Waals surface area contributed by atoms with Crippen molar-refractivity contribution in [2.45, 2.75) is 52.7 Å². The largest absolute Gasteiger partial charge is 0.320 e. The number of hydrogen-bond donors (Lipinski definition) is 1. The van der Waals surface area contributed by atoms with E-state index in [0.29, 0.717) is 5.92 Å². The molecule has 0 radical (unpaired) electrons. The standard InChI is InChI=1S/C15H24N2OS/c1-5-12(6-2)9-17-14(16-11(4)15(17)18)13-8-7-10(3)19-13/h7-8,11-12,14,16H,5-6,9H2,1-4H3. The Labute approximate surface area is 120 Å². The van der Waals surface area contributed by atoms with Crippen LogP contribution in [-0.2, 0) is 4.79 Å². The molecule has 3 nitrogen and oxygen atoms in total. The van der Waals surface area contributed by atoms with Gasteiger partial charge in [-0.2, -0.15) is 0 Å². The van der Waals surface area contributed by atoms with E-state index in [2.05, 4.69) is 38.2 Å². The van der Waals surface area contributed by atoms with Gasteiger partial charge >= 0.3 is 0 Å². The molecule has 106 valence electrons.